The Morgan fingerprint density at radius 3 is 2.35 bits per heavy atom. The van der Waals surface area contributed by atoms with Gasteiger partial charge in [0.1, 0.15) is 6.61 Å². The fourth-order valence-electron chi connectivity index (χ4n) is 5.13. The number of thioether (sulfide) groups is 1. The number of carbonyl (C=O) groups excluding carboxylic acids is 1. The topological polar surface area (TPSA) is 77.0 Å². The molecule has 4 aromatic rings. The summed E-state index contributed by atoms with van der Waals surface area (Å²) in [7, 11) is 0. The third kappa shape index (κ3) is 7.94. The molecule has 0 spiro atoms. The zero-order valence-corrected chi connectivity index (χ0v) is 25.0. The van der Waals surface area contributed by atoms with Gasteiger partial charge in [-0.3, -0.25) is 0 Å². The number of hydrogen-bond acceptors (Lipinski definition) is 6. The van der Waals surface area contributed by atoms with Crippen LogP contribution < -0.4 is 5.32 Å². The molecule has 0 radical (unpaired) electrons. The van der Waals surface area contributed by atoms with Crippen LogP contribution >= 0.6 is 11.8 Å². The van der Waals surface area contributed by atoms with Gasteiger partial charge in [0.05, 0.1) is 18.8 Å². The highest BCUT2D eigenvalue weighted by atomic mass is 32.2. The first-order chi connectivity index (χ1) is 21.1. The Hall–Kier alpha value is -3.88. The highest BCUT2D eigenvalue weighted by Crippen LogP contribution is 2.43. The SMILES string of the molecule is C=CCOC(=O)NCc1ccccc1-c1ccc([C@H]2O[C@@H](CSc3ccccc3)[C@@H](C)[C@@H](c3ccc(CO)cc3)O2)cc1. The molecule has 1 heterocycles. The van der Waals surface area contributed by atoms with Gasteiger partial charge in [0.15, 0.2) is 6.29 Å². The molecular weight excluding hydrogens is 558 g/mol. The summed E-state index contributed by atoms with van der Waals surface area (Å²) in [4.78, 5) is 13.2. The van der Waals surface area contributed by atoms with E-state index in [-0.39, 0.29) is 31.3 Å². The maximum Gasteiger partial charge on any atom is 0.407 e. The first-order valence-electron chi connectivity index (χ1n) is 14.4. The van der Waals surface area contributed by atoms with Crippen molar-refractivity contribution in [3.05, 3.63) is 138 Å². The average Bonchev–Trinajstić information content (AvgIpc) is 3.06. The summed E-state index contributed by atoms with van der Waals surface area (Å²) in [6.07, 6.45) is 0.311. The largest absolute Gasteiger partial charge is 0.445 e. The summed E-state index contributed by atoms with van der Waals surface area (Å²) in [5, 5.41) is 12.3. The van der Waals surface area contributed by atoms with E-state index in [0.717, 1.165) is 39.1 Å². The molecule has 1 aliphatic heterocycles. The predicted octanol–water partition coefficient (Wildman–Crippen LogP) is 7.84. The molecule has 1 aliphatic rings. The van der Waals surface area contributed by atoms with Crippen LogP contribution in [0.1, 0.15) is 41.6 Å². The van der Waals surface area contributed by atoms with Crippen molar-refractivity contribution >= 4 is 17.9 Å². The van der Waals surface area contributed by atoms with E-state index in [1.807, 2.05) is 66.7 Å². The molecule has 4 atom stereocenters. The zero-order valence-electron chi connectivity index (χ0n) is 24.2. The van der Waals surface area contributed by atoms with Gasteiger partial charge >= 0.3 is 6.09 Å². The zero-order chi connectivity index (χ0) is 30.0. The molecule has 0 saturated carbocycles. The molecule has 2 N–H and O–H groups in total. The Kier molecular flexibility index (Phi) is 10.7. The molecule has 43 heavy (non-hydrogen) atoms. The number of aliphatic hydroxyl groups excluding tert-OH is 1. The normalized spacial score (nSPS) is 19.9. The second kappa shape index (κ2) is 15.0. The monoisotopic (exact) mass is 595 g/mol. The maximum atomic E-state index is 12.0. The third-order valence-corrected chi connectivity index (χ3v) is 8.65. The minimum absolute atomic E-state index is 0.00830. The summed E-state index contributed by atoms with van der Waals surface area (Å²) in [6.45, 7) is 6.27. The smallest absolute Gasteiger partial charge is 0.407 e. The van der Waals surface area contributed by atoms with E-state index in [1.165, 1.54) is 11.0 Å². The summed E-state index contributed by atoms with van der Waals surface area (Å²) in [5.74, 6) is 0.911. The summed E-state index contributed by atoms with van der Waals surface area (Å²) in [6, 6.07) is 34.5. The minimum Gasteiger partial charge on any atom is -0.445 e. The van der Waals surface area contributed by atoms with Gasteiger partial charge in [-0.2, -0.15) is 0 Å². The lowest BCUT2D eigenvalue weighted by Gasteiger charge is -2.41. The highest BCUT2D eigenvalue weighted by Gasteiger charge is 2.38. The molecule has 1 amide bonds. The van der Waals surface area contributed by atoms with Crippen molar-refractivity contribution in [1.82, 2.24) is 5.32 Å². The summed E-state index contributed by atoms with van der Waals surface area (Å²) < 4.78 is 18.3. The second-order valence-electron chi connectivity index (χ2n) is 10.5. The first kappa shape index (κ1) is 30.6. The first-order valence-corrected chi connectivity index (χ1v) is 15.4. The quantitative estimate of drug-likeness (QED) is 0.136. The van der Waals surface area contributed by atoms with Gasteiger partial charge in [0.2, 0.25) is 0 Å². The van der Waals surface area contributed by atoms with Crippen LogP contribution in [0.25, 0.3) is 11.1 Å². The molecule has 4 aromatic carbocycles. The van der Waals surface area contributed by atoms with Crippen molar-refractivity contribution < 1.29 is 24.1 Å². The number of aliphatic hydroxyl groups is 1. The predicted molar refractivity (Wildman–Crippen MR) is 170 cm³/mol. The lowest BCUT2D eigenvalue weighted by Crippen LogP contribution is -2.38. The molecule has 6 nitrogen and oxygen atoms in total. The Morgan fingerprint density at radius 1 is 0.930 bits per heavy atom. The van der Waals surface area contributed by atoms with Gasteiger partial charge in [-0.1, -0.05) is 111 Å². The lowest BCUT2D eigenvalue weighted by atomic mass is 9.91. The Balaban J connectivity index is 1.35. The number of rotatable bonds is 11. The van der Waals surface area contributed by atoms with Gasteiger partial charge in [-0.05, 0) is 39.9 Å². The fraction of sp³-hybridized carbons (Fsp3) is 0.250. The van der Waals surface area contributed by atoms with Gasteiger partial charge in [-0.15, -0.1) is 11.8 Å². The van der Waals surface area contributed by atoms with Crippen molar-refractivity contribution in [2.24, 2.45) is 5.92 Å². The number of ether oxygens (including phenoxy) is 3. The van der Waals surface area contributed by atoms with E-state index in [1.54, 1.807) is 11.8 Å². The molecule has 0 aromatic heterocycles. The van der Waals surface area contributed by atoms with Crippen molar-refractivity contribution in [2.45, 2.75) is 43.5 Å². The van der Waals surface area contributed by atoms with E-state index in [2.05, 4.69) is 55.2 Å². The van der Waals surface area contributed by atoms with Crippen LogP contribution in [0, 0.1) is 5.92 Å². The summed E-state index contributed by atoms with van der Waals surface area (Å²) in [5.41, 5.74) is 5.90. The number of alkyl carbamates (subject to hydrolysis) is 1. The van der Waals surface area contributed by atoms with Crippen LogP contribution in [0.2, 0.25) is 0 Å². The van der Waals surface area contributed by atoms with E-state index >= 15 is 0 Å². The van der Waals surface area contributed by atoms with Crippen molar-refractivity contribution in [1.29, 1.82) is 0 Å². The molecule has 0 bridgehead atoms. The van der Waals surface area contributed by atoms with Crippen LogP contribution in [-0.4, -0.2) is 29.7 Å². The molecule has 7 heteroatoms. The van der Waals surface area contributed by atoms with E-state index in [4.69, 9.17) is 14.2 Å². The van der Waals surface area contributed by atoms with E-state index in [9.17, 15) is 9.90 Å². The standard InChI is InChI=1S/C36H37NO5S/c1-3-21-40-36(39)37-22-30-9-7-8-12-32(30)27-17-19-29(20-18-27)35-41-33(24-43-31-10-5-4-6-11-31)25(2)34(42-35)28-15-13-26(23-38)14-16-28/h3-20,25,33-35,38H,1,21-24H2,2H3,(H,37,39)/t25-,33+,34+,35+/m1/s1. The molecule has 5 rings (SSSR count). The molecule has 1 saturated heterocycles. The number of amides is 1. The molecule has 0 aliphatic carbocycles. The second-order valence-corrected chi connectivity index (χ2v) is 11.6. The molecular formula is C36H37NO5S. The number of hydrogen-bond donors (Lipinski definition) is 2. The van der Waals surface area contributed by atoms with Crippen LogP contribution in [-0.2, 0) is 27.4 Å². The van der Waals surface area contributed by atoms with Crippen molar-refractivity contribution in [3.63, 3.8) is 0 Å². The number of carbonyl (C=O) groups is 1. The van der Waals surface area contributed by atoms with Crippen LogP contribution in [0.4, 0.5) is 4.79 Å². The Morgan fingerprint density at radius 2 is 1.63 bits per heavy atom. The van der Waals surface area contributed by atoms with Gasteiger partial charge in [-0.25, -0.2) is 4.79 Å². The fourth-order valence-corrected chi connectivity index (χ4v) is 6.22. The van der Waals surface area contributed by atoms with Gasteiger partial charge < -0.3 is 24.6 Å². The Labute approximate surface area is 257 Å². The van der Waals surface area contributed by atoms with Gasteiger partial charge in [0, 0.05) is 28.7 Å². The maximum absolute atomic E-state index is 12.0. The summed E-state index contributed by atoms with van der Waals surface area (Å²) >= 11 is 1.79. The van der Waals surface area contributed by atoms with Crippen LogP contribution in [0.5, 0.6) is 0 Å². The molecule has 222 valence electrons. The van der Waals surface area contributed by atoms with Gasteiger partial charge in [0.25, 0.3) is 0 Å². The number of benzene rings is 4. The number of nitrogens with one attached hydrogen (secondary N) is 1. The molecule has 1 fully saturated rings. The Bertz CT molecular complexity index is 1480. The molecule has 0 unspecified atom stereocenters. The van der Waals surface area contributed by atoms with E-state index in [0.29, 0.717) is 6.54 Å². The minimum atomic E-state index is -0.536. The van der Waals surface area contributed by atoms with Crippen LogP contribution in [0.3, 0.4) is 0 Å². The van der Waals surface area contributed by atoms with E-state index < -0.39 is 12.4 Å². The third-order valence-electron chi connectivity index (χ3n) is 7.55. The van der Waals surface area contributed by atoms with Crippen molar-refractivity contribution in [3.8, 4) is 11.1 Å². The average molecular weight is 596 g/mol. The lowest BCUT2D eigenvalue weighted by molar-refractivity contribution is -0.268. The van der Waals surface area contributed by atoms with Crippen molar-refractivity contribution in [2.75, 3.05) is 12.4 Å². The highest BCUT2D eigenvalue weighted by molar-refractivity contribution is 7.99. The van der Waals surface area contributed by atoms with Crippen LogP contribution in [0.15, 0.2) is 121 Å².